The Morgan fingerprint density at radius 3 is 2.69 bits per heavy atom. The van der Waals surface area contributed by atoms with Crippen LogP contribution in [-0.2, 0) is 6.42 Å². The summed E-state index contributed by atoms with van der Waals surface area (Å²) in [5.41, 5.74) is 2.75. The van der Waals surface area contributed by atoms with Crippen LogP contribution in [0.3, 0.4) is 0 Å². The molecule has 0 N–H and O–H groups in total. The van der Waals surface area contributed by atoms with Crippen molar-refractivity contribution < 1.29 is 18.7 Å². The molecule has 5 rings (SSSR count). The van der Waals surface area contributed by atoms with Crippen LogP contribution in [0.4, 0.5) is 0 Å². The average Bonchev–Trinajstić information content (AvgIpc) is 3.49. The molecule has 0 unspecified atom stereocenters. The molecule has 3 heterocycles. The molecule has 146 valence electrons. The third-order valence-electron chi connectivity index (χ3n) is 4.41. The summed E-state index contributed by atoms with van der Waals surface area (Å²) in [5.74, 6) is 3.40. The fourth-order valence-corrected chi connectivity index (χ4v) is 3.82. The minimum Gasteiger partial charge on any atom is -0.494 e. The maximum Gasteiger partial charge on any atom is 0.233 e. The Labute approximate surface area is 170 Å². The standard InChI is InChI=1S/C21H17N3O4S/c1-2-25-15-6-3-13(4-7-15)21-23-19(28-24-21)10-20-22-16(11-29-20)14-5-8-17-18(9-14)27-12-26-17/h3-9,11H,2,10,12H2,1H3. The molecule has 0 atom stereocenters. The number of rotatable bonds is 6. The summed E-state index contributed by atoms with van der Waals surface area (Å²) in [7, 11) is 0. The van der Waals surface area contributed by atoms with Gasteiger partial charge in [-0.15, -0.1) is 11.3 Å². The normalized spacial score (nSPS) is 12.3. The van der Waals surface area contributed by atoms with E-state index in [2.05, 4.69) is 10.1 Å². The van der Waals surface area contributed by atoms with Gasteiger partial charge in [0.15, 0.2) is 11.5 Å². The highest BCUT2D eigenvalue weighted by Crippen LogP contribution is 2.36. The lowest BCUT2D eigenvalue weighted by molar-refractivity contribution is 0.174. The molecule has 0 saturated carbocycles. The van der Waals surface area contributed by atoms with Gasteiger partial charge in [-0.3, -0.25) is 0 Å². The summed E-state index contributed by atoms with van der Waals surface area (Å²) in [4.78, 5) is 9.19. The van der Waals surface area contributed by atoms with Gasteiger partial charge in [-0.1, -0.05) is 5.16 Å². The van der Waals surface area contributed by atoms with Crippen molar-refractivity contribution in [2.45, 2.75) is 13.3 Å². The first-order valence-electron chi connectivity index (χ1n) is 9.19. The van der Waals surface area contributed by atoms with Crippen LogP contribution in [0.5, 0.6) is 17.2 Å². The van der Waals surface area contributed by atoms with Crippen LogP contribution >= 0.6 is 11.3 Å². The number of thiazole rings is 1. The van der Waals surface area contributed by atoms with Gasteiger partial charge in [0.25, 0.3) is 0 Å². The SMILES string of the molecule is CCOc1ccc(-c2noc(Cc3nc(-c4ccc5c(c4)OCO5)cs3)n2)cc1. The highest BCUT2D eigenvalue weighted by molar-refractivity contribution is 7.10. The molecule has 7 nitrogen and oxygen atoms in total. The van der Waals surface area contributed by atoms with Gasteiger partial charge in [0, 0.05) is 16.5 Å². The van der Waals surface area contributed by atoms with E-state index in [0.29, 0.717) is 24.7 Å². The lowest BCUT2D eigenvalue weighted by Gasteiger charge is -2.02. The molecule has 4 aromatic rings. The van der Waals surface area contributed by atoms with Crippen molar-refractivity contribution >= 4 is 11.3 Å². The fraction of sp³-hybridized carbons (Fsp3) is 0.190. The zero-order chi connectivity index (χ0) is 19.6. The first-order valence-corrected chi connectivity index (χ1v) is 10.1. The second-order valence-corrected chi connectivity index (χ2v) is 7.28. The maximum atomic E-state index is 5.46. The lowest BCUT2D eigenvalue weighted by atomic mass is 10.1. The molecule has 29 heavy (non-hydrogen) atoms. The number of aromatic nitrogens is 3. The van der Waals surface area contributed by atoms with Crippen LogP contribution in [0.15, 0.2) is 52.4 Å². The number of hydrogen-bond donors (Lipinski definition) is 0. The van der Waals surface area contributed by atoms with Crippen LogP contribution in [0.25, 0.3) is 22.6 Å². The van der Waals surface area contributed by atoms with Crippen molar-refractivity contribution in [3.8, 4) is 39.9 Å². The van der Waals surface area contributed by atoms with Crippen LogP contribution in [0.1, 0.15) is 17.8 Å². The Morgan fingerprint density at radius 1 is 1.00 bits per heavy atom. The van der Waals surface area contributed by atoms with E-state index in [1.807, 2.05) is 54.8 Å². The Balaban J connectivity index is 1.30. The molecule has 1 aliphatic heterocycles. The van der Waals surface area contributed by atoms with Crippen molar-refractivity contribution in [2.75, 3.05) is 13.4 Å². The zero-order valence-electron chi connectivity index (χ0n) is 15.6. The van der Waals surface area contributed by atoms with Gasteiger partial charge >= 0.3 is 0 Å². The molecular formula is C21H17N3O4S. The van der Waals surface area contributed by atoms with Gasteiger partial charge in [0.2, 0.25) is 18.5 Å². The molecule has 2 aromatic carbocycles. The van der Waals surface area contributed by atoms with Crippen LogP contribution in [0.2, 0.25) is 0 Å². The summed E-state index contributed by atoms with van der Waals surface area (Å²) in [6.07, 6.45) is 0.485. The predicted molar refractivity (Wildman–Crippen MR) is 107 cm³/mol. The monoisotopic (exact) mass is 407 g/mol. The lowest BCUT2D eigenvalue weighted by Crippen LogP contribution is -1.92. The molecule has 0 spiro atoms. The second-order valence-electron chi connectivity index (χ2n) is 6.34. The van der Waals surface area contributed by atoms with Crippen LogP contribution in [0, 0.1) is 0 Å². The quantitative estimate of drug-likeness (QED) is 0.463. The Hall–Kier alpha value is -3.39. The van der Waals surface area contributed by atoms with E-state index < -0.39 is 0 Å². The van der Waals surface area contributed by atoms with Gasteiger partial charge in [0.1, 0.15) is 10.8 Å². The van der Waals surface area contributed by atoms with Crippen molar-refractivity contribution in [3.05, 3.63) is 58.7 Å². The first-order chi connectivity index (χ1) is 14.3. The van der Waals surface area contributed by atoms with E-state index in [1.165, 1.54) is 0 Å². The summed E-state index contributed by atoms with van der Waals surface area (Å²) in [6.45, 7) is 2.85. The van der Waals surface area contributed by atoms with Crippen molar-refractivity contribution in [3.63, 3.8) is 0 Å². The van der Waals surface area contributed by atoms with Crippen LogP contribution < -0.4 is 14.2 Å². The smallest absolute Gasteiger partial charge is 0.233 e. The zero-order valence-corrected chi connectivity index (χ0v) is 16.4. The van der Waals surface area contributed by atoms with E-state index in [4.69, 9.17) is 23.7 Å². The van der Waals surface area contributed by atoms with E-state index in [0.717, 1.165) is 39.1 Å². The number of hydrogen-bond acceptors (Lipinski definition) is 8. The average molecular weight is 407 g/mol. The molecule has 0 amide bonds. The van der Waals surface area contributed by atoms with E-state index in [-0.39, 0.29) is 6.79 Å². The highest BCUT2D eigenvalue weighted by Gasteiger charge is 2.16. The van der Waals surface area contributed by atoms with Crippen molar-refractivity contribution in [2.24, 2.45) is 0 Å². The van der Waals surface area contributed by atoms with Gasteiger partial charge in [0.05, 0.1) is 18.7 Å². The third kappa shape index (κ3) is 3.66. The minimum absolute atomic E-state index is 0.259. The van der Waals surface area contributed by atoms with Gasteiger partial charge in [-0.25, -0.2) is 4.98 Å². The predicted octanol–water partition coefficient (Wildman–Crippen LogP) is 4.58. The Bertz CT molecular complexity index is 1140. The molecular weight excluding hydrogens is 390 g/mol. The molecule has 8 heteroatoms. The number of benzene rings is 2. The van der Waals surface area contributed by atoms with Gasteiger partial charge < -0.3 is 18.7 Å². The molecule has 0 aliphatic carbocycles. The second kappa shape index (κ2) is 7.56. The van der Waals surface area contributed by atoms with E-state index in [1.54, 1.807) is 11.3 Å². The largest absolute Gasteiger partial charge is 0.494 e. The molecule has 0 bridgehead atoms. The van der Waals surface area contributed by atoms with Gasteiger partial charge in [-0.05, 0) is 49.4 Å². The number of ether oxygens (including phenoxy) is 3. The Kier molecular flexibility index (Phi) is 4.61. The highest BCUT2D eigenvalue weighted by atomic mass is 32.1. The molecule has 0 fully saturated rings. The van der Waals surface area contributed by atoms with E-state index >= 15 is 0 Å². The fourth-order valence-electron chi connectivity index (χ4n) is 3.02. The molecule has 2 aromatic heterocycles. The first kappa shape index (κ1) is 17.7. The molecule has 1 aliphatic rings. The molecule has 0 saturated heterocycles. The summed E-state index contributed by atoms with van der Waals surface area (Å²) >= 11 is 1.56. The summed E-state index contributed by atoms with van der Waals surface area (Å²) in [6, 6.07) is 13.4. The van der Waals surface area contributed by atoms with Crippen molar-refractivity contribution in [1.82, 2.24) is 15.1 Å². The Morgan fingerprint density at radius 2 is 1.83 bits per heavy atom. The minimum atomic E-state index is 0.259. The van der Waals surface area contributed by atoms with Gasteiger partial charge in [-0.2, -0.15) is 4.98 Å². The maximum absolute atomic E-state index is 5.46. The topological polar surface area (TPSA) is 79.5 Å². The summed E-state index contributed by atoms with van der Waals surface area (Å²) < 4.78 is 21.7. The third-order valence-corrected chi connectivity index (χ3v) is 5.26. The molecule has 0 radical (unpaired) electrons. The number of fused-ring (bicyclic) bond motifs is 1. The van der Waals surface area contributed by atoms with Crippen LogP contribution in [-0.4, -0.2) is 28.5 Å². The number of nitrogens with zero attached hydrogens (tertiary/aromatic N) is 3. The summed E-state index contributed by atoms with van der Waals surface area (Å²) in [5, 5.41) is 6.99. The van der Waals surface area contributed by atoms with E-state index in [9.17, 15) is 0 Å². The van der Waals surface area contributed by atoms with Crippen molar-refractivity contribution in [1.29, 1.82) is 0 Å².